The summed E-state index contributed by atoms with van der Waals surface area (Å²) in [7, 11) is 0. The maximum Gasteiger partial charge on any atom is -0.00703 e. The van der Waals surface area contributed by atoms with Crippen LogP contribution in [0.4, 0.5) is 0 Å². The van der Waals surface area contributed by atoms with E-state index in [2.05, 4.69) is 6.26 Å². The van der Waals surface area contributed by atoms with Crippen LogP contribution < -0.4 is 0 Å². The van der Waals surface area contributed by atoms with E-state index in [9.17, 15) is 0 Å². The molecule has 9 heavy (non-hydrogen) atoms. The molecule has 0 saturated carbocycles. The van der Waals surface area contributed by atoms with E-state index >= 15 is 0 Å². The van der Waals surface area contributed by atoms with Gasteiger partial charge in [0.15, 0.2) is 0 Å². The molecule has 0 aliphatic heterocycles. The highest BCUT2D eigenvalue weighted by atomic mass is 32.2. The predicted octanol–water partition coefficient (Wildman–Crippen LogP) is 2.90. The Labute approximate surface area is 62.7 Å². The Morgan fingerprint density at radius 3 is 2.67 bits per heavy atom. The van der Waals surface area contributed by atoms with Crippen molar-refractivity contribution in [3.05, 3.63) is 12.7 Å². The summed E-state index contributed by atoms with van der Waals surface area (Å²) in [6, 6.07) is 0. The largest absolute Gasteiger partial charge is 0.165 e. The lowest BCUT2D eigenvalue weighted by atomic mass is 10.2. The van der Waals surface area contributed by atoms with Gasteiger partial charge in [-0.3, -0.25) is 0 Å². The molecule has 0 aromatic carbocycles. The first-order valence-corrected chi connectivity index (χ1v) is 4.83. The molecule has 0 aromatic heterocycles. The minimum atomic E-state index is 1.08. The quantitative estimate of drug-likeness (QED) is 0.515. The molecular weight excluding hydrogens is 128 g/mol. The third kappa shape index (κ3) is 8.09. The van der Waals surface area contributed by atoms with Crippen molar-refractivity contribution in [1.82, 2.24) is 0 Å². The lowest BCUT2D eigenvalue weighted by Gasteiger charge is -1.94. The molecule has 0 spiro atoms. The third-order valence-corrected chi connectivity index (χ3v) is 1.92. The van der Waals surface area contributed by atoms with Gasteiger partial charge in [0.1, 0.15) is 0 Å². The second kappa shape index (κ2) is 8.09. The number of unbranched alkanes of at least 4 members (excludes halogenated alkanes) is 3. The molecule has 0 aliphatic carbocycles. The summed E-state index contributed by atoms with van der Waals surface area (Å²) in [5.41, 5.74) is 0. The van der Waals surface area contributed by atoms with Gasteiger partial charge in [0.2, 0.25) is 0 Å². The standard InChI is InChI=1S/C8H15S/c1-3-4-5-6-7-8-9-2/h1,3H,4-8H2,2H3. The fraction of sp³-hybridized carbons (Fsp3) is 0.750. The van der Waals surface area contributed by atoms with Gasteiger partial charge in [0.05, 0.1) is 0 Å². The zero-order chi connectivity index (χ0) is 6.95. The van der Waals surface area contributed by atoms with E-state index in [4.69, 9.17) is 6.58 Å². The molecule has 0 fully saturated rings. The zero-order valence-electron chi connectivity index (χ0n) is 6.10. The molecule has 0 amide bonds. The number of hydrogen-bond donors (Lipinski definition) is 0. The van der Waals surface area contributed by atoms with Crippen LogP contribution in [0.2, 0.25) is 0 Å². The number of allylic oxidation sites excluding steroid dienone is 1. The summed E-state index contributed by atoms with van der Waals surface area (Å²) < 4.78 is 0. The van der Waals surface area contributed by atoms with Crippen LogP contribution in [0.15, 0.2) is 6.08 Å². The van der Waals surface area contributed by atoms with Gasteiger partial charge in [-0.05, 0) is 31.3 Å². The smallest absolute Gasteiger partial charge is 0.00703 e. The van der Waals surface area contributed by atoms with Gasteiger partial charge in [-0.2, -0.15) is 11.8 Å². The molecule has 1 heteroatoms. The van der Waals surface area contributed by atoms with Crippen LogP contribution in [-0.2, 0) is 0 Å². The normalized spacial score (nSPS) is 9.44. The van der Waals surface area contributed by atoms with E-state index in [1.165, 1.54) is 25.0 Å². The van der Waals surface area contributed by atoms with Crippen LogP contribution in [-0.4, -0.2) is 12.0 Å². The molecule has 0 saturated heterocycles. The van der Waals surface area contributed by atoms with Crippen molar-refractivity contribution in [2.45, 2.75) is 25.7 Å². The number of hydrogen-bond acceptors (Lipinski definition) is 1. The molecule has 0 nitrogen and oxygen atoms in total. The molecular formula is C8H15S. The number of thioether (sulfide) groups is 1. The molecule has 0 aromatic rings. The Morgan fingerprint density at radius 2 is 2.11 bits per heavy atom. The van der Waals surface area contributed by atoms with Gasteiger partial charge in [-0.1, -0.05) is 19.1 Å². The fourth-order valence-electron chi connectivity index (χ4n) is 0.685. The Kier molecular flexibility index (Phi) is 8.17. The van der Waals surface area contributed by atoms with Crippen molar-refractivity contribution >= 4 is 11.8 Å². The summed E-state index contributed by atoms with van der Waals surface area (Å²) in [5.74, 6) is 1.30. The molecule has 0 aliphatic rings. The van der Waals surface area contributed by atoms with Crippen LogP contribution in [0, 0.1) is 6.58 Å². The molecule has 0 bridgehead atoms. The van der Waals surface area contributed by atoms with Gasteiger partial charge < -0.3 is 0 Å². The molecule has 53 valence electrons. The summed E-state index contributed by atoms with van der Waals surface area (Å²) in [6.07, 6.45) is 8.91. The van der Waals surface area contributed by atoms with Crippen molar-refractivity contribution in [2.75, 3.05) is 12.0 Å². The summed E-state index contributed by atoms with van der Waals surface area (Å²) in [4.78, 5) is 0. The molecule has 0 N–H and O–H groups in total. The first-order chi connectivity index (χ1) is 4.41. The monoisotopic (exact) mass is 143 g/mol. The second-order valence-corrected chi connectivity index (χ2v) is 3.06. The topological polar surface area (TPSA) is 0 Å². The SMILES string of the molecule is [CH]=CCCCCCSC. The minimum Gasteiger partial charge on any atom is -0.165 e. The molecule has 0 atom stereocenters. The zero-order valence-corrected chi connectivity index (χ0v) is 6.91. The summed E-state index contributed by atoms with van der Waals surface area (Å²) in [5, 5.41) is 0. The lowest BCUT2D eigenvalue weighted by molar-refractivity contribution is 0.735. The Hall–Kier alpha value is 0.0900. The molecule has 0 heterocycles. The maximum atomic E-state index is 5.21. The molecule has 0 rings (SSSR count). The van der Waals surface area contributed by atoms with Crippen LogP contribution in [0.3, 0.4) is 0 Å². The van der Waals surface area contributed by atoms with Crippen LogP contribution in [0.25, 0.3) is 0 Å². The van der Waals surface area contributed by atoms with Crippen molar-refractivity contribution in [2.24, 2.45) is 0 Å². The van der Waals surface area contributed by atoms with Crippen LogP contribution in [0.1, 0.15) is 25.7 Å². The Morgan fingerprint density at radius 1 is 1.33 bits per heavy atom. The highest BCUT2D eigenvalue weighted by Gasteiger charge is 1.84. The van der Waals surface area contributed by atoms with Gasteiger partial charge in [0, 0.05) is 0 Å². The fourth-order valence-corrected chi connectivity index (χ4v) is 1.18. The van der Waals surface area contributed by atoms with E-state index in [1.54, 1.807) is 6.08 Å². The summed E-state index contributed by atoms with van der Waals surface area (Å²) in [6.45, 7) is 5.21. The van der Waals surface area contributed by atoms with E-state index in [0.717, 1.165) is 6.42 Å². The first-order valence-electron chi connectivity index (χ1n) is 3.44. The predicted molar refractivity (Wildman–Crippen MR) is 45.7 cm³/mol. The van der Waals surface area contributed by atoms with Gasteiger partial charge >= 0.3 is 0 Å². The number of rotatable bonds is 6. The van der Waals surface area contributed by atoms with Crippen molar-refractivity contribution in [3.63, 3.8) is 0 Å². The van der Waals surface area contributed by atoms with Crippen molar-refractivity contribution in [3.8, 4) is 0 Å². The lowest BCUT2D eigenvalue weighted by Crippen LogP contribution is -1.78. The van der Waals surface area contributed by atoms with E-state index < -0.39 is 0 Å². The van der Waals surface area contributed by atoms with Crippen LogP contribution in [0.5, 0.6) is 0 Å². The van der Waals surface area contributed by atoms with Crippen molar-refractivity contribution in [1.29, 1.82) is 0 Å². The minimum absolute atomic E-state index is 1.08. The maximum absolute atomic E-state index is 5.21. The van der Waals surface area contributed by atoms with Crippen molar-refractivity contribution < 1.29 is 0 Å². The van der Waals surface area contributed by atoms with E-state index in [1.807, 2.05) is 11.8 Å². The van der Waals surface area contributed by atoms with Gasteiger partial charge in [-0.25, -0.2) is 0 Å². The third-order valence-electron chi connectivity index (χ3n) is 1.22. The molecule has 0 unspecified atom stereocenters. The average Bonchev–Trinajstić information content (AvgIpc) is 1.89. The molecule has 1 radical (unpaired) electrons. The Balaban J connectivity index is 2.66. The van der Waals surface area contributed by atoms with E-state index in [-0.39, 0.29) is 0 Å². The first kappa shape index (κ1) is 9.09. The second-order valence-electron chi connectivity index (χ2n) is 2.08. The van der Waals surface area contributed by atoms with Gasteiger partial charge in [-0.15, -0.1) is 0 Å². The Bertz CT molecular complexity index is 59.6. The van der Waals surface area contributed by atoms with Crippen LogP contribution >= 0.6 is 11.8 Å². The average molecular weight is 143 g/mol. The highest BCUT2D eigenvalue weighted by molar-refractivity contribution is 7.98. The highest BCUT2D eigenvalue weighted by Crippen LogP contribution is 2.03. The summed E-state index contributed by atoms with van der Waals surface area (Å²) >= 11 is 1.92. The van der Waals surface area contributed by atoms with Gasteiger partial charge in [0.25, 0.3) is 0 Å². The van der Waals surface area contributed by atoms with E-state index in [0.29, 0.717) is 0 Å².